The van der Waals surface area contributed by atoms with Crippen LogP contribution in [0.4, 0.5) is 0 Å². The third kappa shape index (κ3) is 3.21. The maximum Gasteiger partial charge on any atom is 0.313 e. The van der Waals surface area contributed by atoms with Crippen LogP contribution in [0.25, 0.3) is 11.0 Å². The van der Waals surface area contributed by atoms with E-state index in [2.05, 4.69) is 28.6 Å². The van der Waals surface area contributed by atoms with E-state index in [1.807, 2.05) is 17.8 Å². The van der Waals surface area contributed by atoms with Gasteiger partial charge in [0, 0.05) is 11.8 Å². The Morgan fingerprint density at radius 1 is 1.57 bits per heavy atom. The van der Waals surface area contributed by atoms with E-state index < -0.39 is 5.97 Å². The fourth-order valence-electron chi connectivity index (χ4n) is 2.67. The van der Waals surface area contributed by atoms with Gasteiger partial charge in [-0.05, 0) is 37.1 Å². The summed E-state index contributed by atoms with van der Waals surface area (Å²) in [5, 5.41) is 10.4. The predicted molar refractivity (Wildman–Crippen MR) is 88.3 cm³/mol. The highest BCUT2D eigenvalue weighted by atomic mass is 32.2. The molecule has 1 aliphatic heterocycles. The molecule has 1 saturated heterocycles. The summed E-state index contributed by atoms with van der Waals surface area (Å²) in [5.41, 5.74) is 3.26. The average Bonchev–Trinajstić information content (AvgIpc) is 3.07. The number of nitrogens with zero attached hydrogens (tertiary/aromatic N) is 2. The van der Waals surface area contributed by atoms with Crippen molar-refractivity contribution in [1.29, 1.82) is 0 Å². The monoisotopic (exact) mass is 322 g/mol. The van der Waals surface area contributed by atoms with Crippen molar-refractivity contribution in [2.45, 2.75) is 36.7 Å². The van der Waals surface area contributed by atoms with Crippen LogP contribution < -0.4 is 0 Å². The topological polar surface area (TPSA) is 55.1 Å². The van der Waals surface area contributed by atoms with E-state index in [1.54, 1.807) is 0 Å². The number of benzene rings is 1. The lowest BCUT2D eigenvalue weighted by Crippen LogP contribution is -2.11. The third-order valence-corrected chi connectivity index (χ3v) is 6.02. The second kappa shape index (κ2) is 6.32. The first-order valence-electron chi connectivity index (χ1n) is 7.07. The number of para-hydroxylation sites is 1. The summed E-state index contributed by atoms with van der Waals surface area (Å²) < 4.78 is 2.21. The molecule has 1 aliphatic rings. The Labute approximate surface area is 132 Å². The van der Waals surface area contributed by atoms with E-state index in [1.165, 1.54) is 30.4 Å². The summed E-state index contributed by atoms with van der Waals surface area (Å²) in [6, 6.07) is 6.18. The molecule has 1 atom stereocenters. The molecule has 1 fully saturated rings. The van der Waals surface area contributed by atoms with Gasteiger partial charge < -0.3 is 9.67 Å². The van der Waals surface area contributed by atoms with Crippen LogP contribution in [0.1, 0.15) is 18.4 Å². The molecule has 0 amide bonds. The molecule has 21 heavy (non-hydrogen) atoms. The molecule has 3 rings (SSSR count). The van der Waals surface area contributed by atoms with E-state index >= 15 is 0 Å². The Balaban J connectivity index is 1.97. The standard InChI is InChI=1S/C15H18N2O2S2/c1-10-4-2-6-12-14(10)16-15(21-9-13(18)19)17(12)8-11-5-3-7-20-11/h2,4,6,11H,3,5,7-9H2,1H3,(H,18,19). The molecule has 2 heterocycles. The molecule has 1 N–H and O–H groups in total. The van der Waals surface area contributed by atoms with Crippen molar-refractivity contribution in [3.63, 3.8) is 0 Å². The summed E-state index contributed by atoms with van der Waals surface area (Å²) in [6.45, 7) is 2.97. The highest BCUT2D eigenvalue weighted by molar-refractivity contribution is 8.00. The maximum absolute atomic E-state index is 10.8. The fraction of sp³-hybridized carbons (Fsp3) is 0.467. The van der Waals surface area contributed by atoms with Gasteiger partial charge >= 0.3 is 5.97 Å². The van der Waals surface area contributed by atoms with Gasteiger partial charge in [-0.15, -0.1) is 0 Å². The van der Waals surface area contributed by atoms with E-state index in [4.69, 9.17) is 5.11 Å². The molecule has 112 valence electrons. The number of hydrogen-bond donors (Lipinski definition) is 1. The van der Waals surface area contributed by atoms with E-state index in [9.17, 15) is 4.79 Å². The Kier molecular flexibility index (Phi) is 4.45. The number of carboxylic acids is 1. The lowest BCUT2D eigenvalue weighted by Gasteiger charge is -2.13. The van der Waals surface area contributed by atoms with Gasteiger partial charge in [0.25, 0.3) is 0 Å². The zero-order valence-electron chi connectivity index (χ0n) is 11.9. The number of carbonyl (C=O) groups is 1. The Hall–Kier alpha value is -1.14. The molecule has 4 nitrogen and oxygen atoms in total. The van der Waals surface area contributed by atoms with E-state index in [-0.39, 0.29) is 5.75 Å². The number of fused-ring (bicyclic) bond motifs is 1. The SMILES string of the molecule is Cc1cccc2c1nc(SCC(=O)O)n2CC1CCCS1. The predicted octanol–water partition coefficient (Wildman–Crippen LogP) is 3.42. The summed E-state index contributed by atoms with van der Waals surface area (Å²) in [5.74, 6) is 0.485. The molecule has 0 radical (unpaired) electrons. The minimum atomic E-state index is -0.800. The van der Waals surface area contributed by atoms with Gasteiger partial charge in [-0.25, -0.2) is 4.98 Å². The Bertz CT molecular complexity index is 663. The molecule has 6 heteroatoms. The molecule has 2 aromatic rings. The van der Waals surface area contributed by atoms with Gasteiger partial charge in [0.1, 0.15) is 0 Å². The van der Waals surface area contributed by atoms with Crippen LogP contribution in [-0.2, 0) is 11.3 Å². The lowest BCUT2D eigenvalue weighted by molar-refractivity contribution is -0.133. The fourth-order valence-corrected chi connectivity index (χ4v) is 4.66. The molecular formula is C15H18N2O2S2. The summed E-state index contributed by atoms with van der Waals surface area (Å²) >= 11 is 3.33. The molecule has 1 aromatic carbocycles. The van der Waals surface area contributed by atoms with Crippen LogP contribution in [0, 0.1) is 6.92 Å². The van der Waals surface area contributed by atoms with E-state index in [0.717, 1.165) is 28.3 Å². The van der Waals surface area contributed by atoms with Gasteiger partial charge in [0.2, 0.25) is 0 Å². The van der Waals surface area contributed by atoms with Crippen LogP contribution in [0.15, 0.2) is 23.4 Å². The number of thioether (sulfide) groups is 2. The Morgan fingerprint density at radius 3 is 3.14 bits per heavy atom. The lowest BCUT2D eigenvalue weighted by atomic mass is 10.2. The van der Waals surface area contributed by atoms with Crippen molar-refractivity contribution in [2.75, 3.05) is 11.5 Å². The zero-order valence-corrected chi connectivity index (χ0v) is 13.5. The molecule has 1 aromatic heterocycles. The van der Waals surface area contributed by atoms with Gasteiger partial charge in [0.05, 0.1) is 16.8 Å². The number of aliphatic carboxylic acids is 1. The van der Waals surface area contributed by atoms with Crippen LogP contribution in [-0.4, -0.2) is 37.4 Å². The van der Waals surface area contributed by atoms with Crippen molar-refractivity contribution in [2.24, 2.45) is 0 Å². The largest absolute Gasteiger partial charge is 0.481 e. The number of aryl methyl sites for hydroxylation is 1. The third-order valence-electron chi connectivity index (χ3n) is 3.68. The smallest absolute Gasteiger partial charge is 0.313 e. The summed E-state index contributed by atoms with van der Waals surface area (Å²) in [4.78, 5) is 15.5. The van der Waals surface area contributed by atoms with Gasteiger partial charge in [-0.1, -0.05) is 23.9 Å². The van der Waals surface area contributed by atoms with Gasteiger partial charge in [-0.2, -0.15) is 11.8 Å². The van der Waals surface area contributed by atoms with Crippen molar-refractivity contribution in [3.05, 3.63) is 23.8 Å². The highest BCUT2D eigenvalue weighted by Crippen LogP contribution is 2.32. The second-order valence-corrected chi connectivity index (χ2v) is 7.62. The van der Waals surface area contributed by atoms with Crippen molar-refractivity contribution >= 4 is 40.5 Å². The maximum atomic E-state index is 10.8. The van der Waals surface area contributed by atoms with Crippen molar-refractivity contribution < 1.29 is 9.90 Å². The minimum Gasteiger partial charge on any atom is -0.481 e. The molecule has 0 spiro atoms. The summed E-state index contributed by atoms with van der Waals surface area (Å²) in [7, 11) is 0. The Morgan fingerprint density at radius 2 is 2.43 bits per heavy atom. The molecular weight excluding hydrogens is 304 g/mol. The van der Waals surface area contributed by atoms with E-state index in [0.29, 0.717) is 5.25 Å². The summed E-state index contributed by atoms with van der Waals surface area (Å²) in [6.07, 6.45) is 2.51. The van der Waals surface area contributed by atoms with Gasteiger partial charge in [0.15, 0.2) is 5.16 Å². The van der Waals surface area contributed by atoms with Crippen LogP contribution in [0.3, 0.4) is 0 Å². The zero-order chi connectivity index (χ0) is 14.8. The van der Waals surface area contributed by atoms with Gasteiger partial charge in [-0.3, -0.25) is 4.79 Å². The molecule has 0 bridgehead atoms. The first kappa shape index (κ1) is 14.8. The van der Waals surface area contributed by atoms with Crippen LogP contribution in [0.2, 0.25) is 0 Å². The van der Waals surface area contributed by atoms with Crippen molar-refractivity contribution in [1.82, 2.24) is 9.55 Å². The number of carboxylic acid groups (broad SMARTS) is 1. The normalized spacial score (nSPS) is 18.4. The number of aromatic nitrogens is 2. The van der Waals surface area contributed by atoms with Crippen LogP contribution >= 0.6 is 23.5 Å². The minimum absolute atomic E-state index is 0.0557. The van der Waals surface area contributed by atoms with Crippen molar-refractivity contribution in [3.8, 4) is 0 Å². The molecule has 0 saturated carbocycles. The number of imidazole rings is 1. The quantitative estimate of drug-likeness (QED) is 0.855. The second-order valence-electron chi connectivity index (χ2n) is 5.27. The highest BCUT2D eigenvalue weighted by Gasteiger charge is 2.20. The first-order valence-corrected chi connectivity index (χ1v) is 9.10. The first-order chi connectivity index (χ1) is 10.1. The van der Waals surface area contributed by atoms with Crippen LogP contribution in [0.5, 0.6) is 0 Å². The number of hydrogen-bond acceptors (Lipinski definition) is 4. The number of rotatable bonds is 5. The molecule has 0 aliphatic carbocycles. The average molecular weight is 322 g/mol. The molecule has 1 unspecified atom stereocenters.